The number of imide groups is 1. The average Bonchev–Trinajstić information content (AvgIpc) is 2.79. The Hall–Kier alpha value is -2.48. The maximum Gasteiger partial charge on any atom is 0.305 e. The summed E-state index contributed by atoms with van der Waals surface area (Å²) in [5.41, 5.74) is 0.593. The van der Waals surface area contributed by atoms with Crippen molar-refractivity contribution in [1.82, 2.24) is 4.90 Å². The first kappa shape index (κ1) is 16.9. The van der Waals surface area contributed by atoms with Gasteiger partial charge in [-0.25, -0.2) is 0 Å². The number of carbonyl (C=O) groups excluding carboxylic acids is 2. The van der Waals surface area contributed by atoms with E-state index in [1.54, 1.807) is 18.2 Å². The van der Waals surface area contributed by atoms with Crippen LogP contribution in [0.25, 0.3) is 6.08 Å². The van der Waals surface area contributed by atoms with Crippen molar-refractivity contribution in [2.75, 3.05) is 20.8 Å². The lowest BCUT2D eigenvalue weighted by Crippen LogP contribution is -2.30. The molecular formula is C15H15NO6S. The Morgan fingerprint density at radius 3 is 2.65 bits per heavy atom. The molecule has 0 aromatic heterocycles. The smallest absolute Gasteiger partial charge is 0.305 e. The Morgan fingerprint density at radius 1 is 1.30 bits per heavy atom. The summed E-state index contributed by atoms with van der Waals surface area (Å²) in [5.74, 6) is -0.618. The molecule has 0 aliphatic carbocycles. The fourth-order valence-electron chi connectivity index (χ4n) is 2.07. The molecule has 122 valence electrons. The molecule has 0 bridgehead atoms. The Bertz CT molecular complexity index is 685. The number of rotatable bonds is 6. The van der Waals surface area contributed by atoms with Crippen LogP contribution in [0.3, 0.4) is 0 Å². The maximum absolute atomic E-state index is 12.2. The van der Waals surface area contributed by atoms with E-state index in [-0.39, 0.29) is 17.9 Å². The molecule has 1 fully saturated rings. The van der Waals surface area contributed by atoms with Gasteiger partial charge in [0.25, 0.3) is 11.1 Å². The van der Waals surface area contributed by atoms with Gasteiger partial charge in [0.05, 0.1) is 25.5 Å². The highest BCUT2D eigenvalue weighted by Crippen LogP contribution is 2.37. The second kappa shape index (κ2) is 7.19. The fourth-order valence-corrected chi connectivity index (χ4v) is 2.92. The molecule has 1 heterocycles. The van der Waals surface area contributed by atoms with Gasteiger partial charge in [0, 0.05) is 12.1 Å². The van der Waals surface area contributed by atoms with E-state index >= 15 is 0 Å². The van der Waals surface area contributed by atoms with Crippen LogP contribution in [0.4, 0.5) is 4.79 Å². The number of benzene rings is 1. The Morgan fingerprint density at radius 2 is 2.04 bits per heavy atom. The van der Waals surface area contributed by atoms with Crippen LogP contribution in [0.1, 0.15) is 12.0 Å². The van der Waals surface area contributed by atoms with Crippen LogP contribution in [-0.2, 0) is 9.59 Å². The molecule has 0 atom stereocenters. The molecule has 1 aromatic carbocycles. The predicted octanol–water partition coefficient (Wildman–Crippen LogP) is 2.21. The summed E-state index contributed by atoms with van der Waals surface area (Å²) >= 11 is 0.770. The van der Waals surface area contributed by atoms with Crippen molar-refractivity contribution in [2.45, 2.75) is 6.42 Å². The Kier molecular flexibility index (Phi) is 5.28. The number of carbonyl (C=O) groups is 3. The van der Waals surface area contributed by atoms with Crippen LogP contribution in [0.5, 0.6) is 11.5 Å². The van der Waals surface area contributed by atoms with Crippen molar-refractivity contribution in [3.8, 4) is 11.5 Å². The number of ether oxygens (including phenoxy) is 2. The van der Waals surface area contributed by atoms with Crippen molar-refractivity contribution in [1.29, 1.82) is 0 Å². The number of thioether (sulfide) groups is 1. The number of carboxylic acids is 1. The molecule has 0 spiro atoms. The van der Waals surface area contributed by atoms with Gasteiger partial charge >= 0.3 is 5.97 Å². The molecule has 0 saturated carbocycles. The van der Waals surface area contributed by atoms with E-state index in [4.69, 9.17) is 14.6 Å². The highest BCUT2D eigenvalue weighted by Gasteiger charge is 2.35. The second-order valence-corrected chi connectivity index (χ2v) is 5.55. The van der Waals surface area contributed by atoms with Crippen molar-refractivity contribution in [2.24, 2.45) is 0 Å². The van der Waals surface area contributed by atoms with Crippen LogP contribution in [0.15, 0.2) is 23.1 Å². The van der Waals surface area contributed by atoms with E-state index in [0.717, 1.165) is 16.7 Å². The zero-order chi connectivity index (χ0) is 17.0. The Balaban J connectivity index is 2.29. The summed E-state index contributed by atoms with van der Waals surface area (Å²) in [5, 5.41) is 8.19. The molecular weight excluding hydrogens is 322 g/mol. The lowest BCUT2D eigenvalue weighted by atomic mass is 10.1. The largest absolute Gasteiger partial charge is 0.493 e. The molecule has 2 amide bonds. The quantitative estimate of drug-likeness (QED) is 0.795. The normalized spacial score (nSPS) is 16.1. The van der Waals surface area contributed by atoms with Crippen LogP contribution >= 0.6 is 11.8 Å². The number of amides is 2. The van der Waals surface area contributed by atoms with Crippen LogP contribution in [0.2, 0.25) is 0 Å². The first-order valence-corrected chi connectivity index (χ1v) is 7.47. The van der Waals surface area contributed by atoms with Crippen molar-refractivity contribution < 1.29 is 29.0 Å². The molecule has 1 aliphatic rings. The first-order valence-electron chi connectivity index (χ1n) is 6.66. The van der Waals surface area contributed by atoms with Gasteiger partial charge in [-0.05, 0) is 23.9 Å². The number of aliphatic carboxylic acids is 1. The molecule has 1 aromatic rings. The van der Waals surface area contributed by atoms with Gasteiger partial charge in [0.1, 0.15) is 0 Å². The lowest BCUT2D eigenvalue weighted by Gasteiger charge is -2.11. The van der Waals surface area contributed by atoms with Crippen molar-refractivity contribution in [3.05, 3.63) is 28.7 Å². The van der Waals surface area contributed by atoms with E-state index in [1.807, 2.05) is 0 Å². The summed E-state index contributed by atoms with van der Waals surface area (Å²) in [4.78, 5) is 35.8. The number of carboxylic acid groups (broad SMARTS) is 1. The van der Waals surface area contributed by atoms with E-state index in [1.165, 1.54) is 20.3 Å². The topological polar surface area (TPSA) is 93.1 Å². The maximum atomic E-state index is 12.2. The van der Waals surface area contributed by atoms with Crippen LogP contribution in [0, 0.1) is 0 Å². The molecule has 1 N–H and O–H groups in total. The van der Waals surface area contributed by atoms with E-state index in [0.29, 0.717) is 17.1 Å². The summed E-state index contributed by atoms with van der Waals surface area (Å²) < 4.78 is 10.5. The van der Waals surface area contributed by atoms with Crippen LogP contribution < -0.4 is 9.47 Å². The van der Waals surface area contributed by atoms with Crippen molar-refractivity contribution >= 4 is 35.0 Å². The number of para-hydroxylation sites is 1. The second-order valence-electron chi connectivity index (χ2n) is 4.56. The summed E-state index contributed by atoms with van der Waals surface area (Å²) in [6.07, 6.45) is 1.25. The summed E-state index contributed by atoms with van der Waals surface area (Å²) in [7, 11) is 2.98. The zero-order valence-corrected chi connectivity index (χ0v) is 13.4. The molecule has 1 saturated heterocycles. The SMILES string of the molecule is COc1cccc(C=C2SC(=O)N(CCC(=O)O)C2=O)c1OC. The third kappa shape index (κ3) is 3.65. The zero-order valence-electron chi connectivity index (χ0n) is 12.6. The van der Waals surface area contributed by atoms with Crippen LogP contribution in [-0.4, -0.2) is 47.9 Å². The number of nitrogens with zero attached hydrogens (tertiary/aromatic N) is 1. The average molecular weight is 337 g/mol. The fraction of sp³-hybridized carbons (Fsp3) is 0.267. The van der Waals surface area contributed by atoms with Gasteiger partial charge in [0.15, 0.2) is 11.5 Å². The third-order valence-electron chi connectivity index (χ3n) is 3.14. The molecule has 8 heteroatoms. The standard InChI is InChI=1S/C15H15NO6S/c1-21-10-5-3-4-9(13(10)22-2)8-11-14(19)16(15(20)23-11)7-6-12(17)18/h3-5,8H,6-7H2,1-2H3,(H,17,18). The third-order valence-corrected chi connectivity index (χ3v) is 4.05. The van der Waals surface area contributed by atoms with Crippen molar-refractivity contribution in [3.63, 3.8) is 0 Å². The molecule has 1 aliphatic heterocycles. The minimum atomic E-state index is -1.07. The summed E-state index contributed by atoms with van der Waals surface area (Å²) in [6.45, 7) is -0.146. The molecule has 7 nitrogen and oxygen atoms in total. The van der Waals surface area contributed by atoms with Gasteiger partial charge in [-0.3, -0.25) is 19.3 Å². The number of hydrogen-bond donors (Lipinski definition) is 1. The van der Waals surface area contributed by atoms with Gasteiger partial charge in [-0.15, -0.1) is 0 Å². The highest BCUT2D eigenvalue weighted by atomic mass is 32.2. The minimum absolute atomic E-state index is 0.146. The van der Waals surface area contributed by atoms with E-state index in [9.17, 15) is 14.4 Å². The highest BCUT2D eigenvalue weighted by molar-refractivity contribution is 8.18. The van der Waals surface area contributed by atoms with Gasteiger partial charge < -0.3 is 14.6 Å². The molecule has 0 unspecified atom stereocenters. The summed E-state index contributed by atoms with van der Waals surface area (Å²) in [6, 6.07) is 5.18. The number of hydrogen-bond acceptors (Lipinski definition) is 6. The number of methoxy groups -OCH3 is 2. The van der Waals surface area contributed by atoms with Gasteiger partial charge in [0.2, 0.25) is 0 Å². The van der Waals surface area contributed by atoms with E-state index in [2.05, 4.69) is 0 Å². The van der Waals surface area contributed by atoms with E-state index < -0.39 is 17.1 Å². The predicted molar refractivity (Wildman–Crippen MR) is 84.5 cm³/mol. The molecule has 2 rings (SSSR count). The monoisotopic (exact) mass is 337 g/mol. The van der Waals surface area contributed by atoms with Gasteiger partial charge in [-0.2, -0.15) is 0 Å². The lowest BCUT2D eigenvalue weighted by molar-refractivity contribution is -0.137. The minimum Gasteiger partial charge on any atom is -0.493 e. The first-order chi connectivity index (χ1) is 11.0. The molecule has 0 radical (unpaired) electrons. The Labute approximate surface area is 136 Å². The van der Waals surface area contributed by atoms with Gasteiger partial charge in [-0.1, -0.05) is 12.1 Å². The molecule has 23 heavy (non-hydrogen) atoms.